The van der Waals surface area contributed by atoms with Gasteiger partial charge in [-0.1, -0.05) is 87.5 Å². The van der Waals surface area contributed by atoms with E-state index in [9.17, 15) is 39.0 Å². The topological polar surface area (TPSA) is 248 Å². The Hall–Kier alpha value is -6.76. The standard InChI is InChI=1S/C54H62N2O16/c1-9-19-39(60)56(8)28-40(61)70-44(42(33-20-13-10-14-21-33)55-48(63)34-22-15-11-16-23-34)50(65)69-36-27-54(66)47(71-49(64)35-24-17-12-18-25-35)45-52(7,37(59)26-38-53(45,29-67-38)72-32(4)58)46(62)43(68-31(3)57)41(30(36)2)51(54,5)6/h10-18,20-25,36-38,42-45,47,59,66H,9,19,26-29H2,1-8H3,(H,55,63)/t36-,37-,38+,42-,43+,44+,45-,47-,52+,53-,54+/m0/s1. The van der Waals surface area contributed by atoms with Gasteiger partial charge in [-0.25, -0.2) is 9.59 Å². The molecule has 72 heavy (non-hydrogen) atoms. The number of rotatable bonds is 15. The molecule has 18 nitrogen and oxygen atoms in total. The van der Waals surface area contributed by atoms with E-state index < -0.39 is 125 Å². The molecule has 1 aliphatic heterocycles. The molecule has 2 amide bonds. The van der Waals surface area contributed by atoms with E-state index in [0.29, 0.717) is 12.0 Å². The smallest absolute Gasteiger partial charge is 0.350 e. The number of aliphatic hydroxyl groups is 2. The van der Waals surface area contributed by atoms with E-state index in [-0.39, 0.29) is 47.6 Å². The number of carbonyl (C=O) groups is 8. The Morgan fingerprint density at radius 1 is 0.847 bits per heavy atom. The van der Waals surface area contributed by atoms with Gasteiger partial charge in [-0.3, -0.25) is 28.8 Å². The second-order valence-electron chi connectivity index (χ2n) is 19.8. The van der Waals surface area contributed by atoms with Crippen LogP contribution in [-0.4, -0.2) is 131 Å². The molecule has 3 fully saturated rings. The van der Waals surface area contributed by atoms with Gasteiger partial charge >= 0.3 is 29.8 Å². The summed E-state index contributed by atoms with van der Waals surface area (Å²) in [6.07, 6.45) is -10.3. The Kier molecular flexibility index (Phi) is 15.3. The lowest BCUT2D eigenvalue weighted by Crippen LogP contribution is -2.82. The number of fused-ring (bicyclic) bond motifs is 5. The molecule has 3 N–H and O–H groups in total. The first-order valence-corrected chi connectivity index (χ1v) is 24.0. The highest BCUT2D eigenvalue weighted by molar-refractivity contribution is 5.96. The summed E-state index contributed by atoms with van der Waals surface area (Å²) in [5.74, 6) is -8.57. The normalized spacial score (nSPS) is 28.9. The molecule has 3 aromatic carbocycles. The van der Waals surface area contributed by atoms with E-state index in [1.165, 1.54) is 59.0 Å². The number of ether oxygens (including phenoxy) is 6. The molecule has 1 saturated heterocycles. The maximum absolute atomic E-state index is 15.7. The molecule has 1 heterocycles. The van der Waals surface area contributed by atoms with Gasteiger partial charge in [0.2, 0.25) is 12.0 Å². The van der Waals surface area contributed by atoms with Crippen molar-refractivity contribution in [3.05, 3.63) is 119 Å². The molecule has 3 aliphatic carbocycles. The predicted molar refractivity (Wildman–Crippen MR) is 254 cm³/mol. The Balaban J connectivity index is 1.42. The number of benzene rings is 3. The maximum Gasteiger partial charge on any atom is 0.350 e. The van der Waals surface area contributed by atoms with Crippen molar-refractivity contribution in [1.82, 2.24) is 10.2 Å². The van der Waals surface area contributed by atoms with Gasteiger partial charge < -0.3 is 48.9 Å². The number of nitrogens with one attached hydrogen (secondary N) is 1. The first-order chi connectivity index (χ1) is 34.0. The summed E-state index contributed by atoms with van der Waals surface area (Å²) >= 11 is 0. The number of aliphatic hydroxyl groups excluding tert-OH is 1. The van der Waals surface area contributed by atoms with Crippen LogP contribution in [0.3, 0.4) is 0 Å². The SMILES string of the molecule is CCCC(=O)N(C)CC(=O)O[C@@H](C(=O)O[C@H]1C[C@@]2(O)[C@@H](OC(=O)c3ccccc3)[C@@H]3[C@]4(OC(C)=O)CO[C@@H]4C[C@H](O)[C@@]3(C)C(=O)[C@H](OC(C)=O)C(=C1C)C2(C)C)[C@@H](NC(=O)c1ccccc1)c1ccccc1. The molecule has 384 valence electrons. The van der Waals surface area contributed by atoms with Crippen molar-refractivity contribution in [3.8, 4) is 0 Å². The van der Waals surface area contributed by atoms with Gasteiger partial charge in [0.1, 0.15) is 36.5 Å². The molecule has 7 rings (SSSR count). The van der Waals surface area contributed by atoms with Crippen LogP contribution in [0.1, 0.15) is 106 Å². The number of Topliss-reactive ketones (excluding diaryl/α,β-unsaturated/α-hetero) is 1. The third kappa shape index (κ3) is 9.66. The second-order valence-corrected chi connectivity index (χ2v) is 19.8. The number of amides is 2. The van der Waals surface area contributed by atoms with Crippen molar-refractivity contribution < 1.29 is 77.0 Å². The zero-order chi connectivity index (χ0) is 52.5. The number of hydrogen-bond donors (Lipinski definition) is 3. The molecule has 0 aromatic heterocycles. The summed E-state index contributed by atoms with van der Waals surface area (Å²) in [4.78, 5) is 114. The van der Waals surface area contributed by atoms with Crippen molar-refractivity contribution in [2.75, 3.05) is 20.2 Å². The van der Waals surface area contributed by atoms with Crippen LogP contribution in [0.5, 0.6) is 0 Å². The summed E-state index contributed by atoms with van der Waals surface area (Å²) in [7, 11) is 1.39. The van der Waals surface area contributed by atoms with Crippen molar-refractivity contribution in [1.29, 1.82) is 0 Å². The molecule has 18 heteroatoms. The number of hydrogen-bond acceptors (Lipinski definition) is 16. The van der Waals surface area contributed by atoms with Gasteiger partial charge in [0.05, 0.1) is 29.6 Å². The van der Waals surface area contributed by atoms with Crippen molar-refractivity contribution >= 4 is 47.4 Å². The highest BCUT2D eigenvalue weighted by Gasteiger charge is 2.78. The minimum absolute atomic E-state index is 0.0352. The monoisotopic (exact) mass is 994 g/mol. The number of likely N-dealkylation sites (N-methyl/N-ethyl adjacent to an activating group) is 1. The lowest BCUT2D eigenvalue weighted by molar-refractivity contribution is -0.346. The van der Waals surface area contributed by atoms with Gasteiger partial charge in [0.25, 0.3) is 5.91 Å². The summed E-state index contributed by atoms with van der Waals surface area (Å²) in [5, 5.41) is 29.0. The minimum Gasteiger partial charge on any atom is -0.455 e. The predicted octanol–water partition coefficient (Wildman–Crippen LogP) is 4.55. The van der Waals surface area contributed by atoms with Gasteiger partial charge in [-0.15, -0.1) is 0 Å². The maximum atomic E-state index is 15.7. The average molecular weight is 995 g/mol. The zero-order valence-electron chi connectivity index (χ0n) is 41.6. The number of esters is 5. The molecular weight excluding hydrogens is 933 g/mol. The van der Waals surface area contributed by atoms with E-state index in [1.807, 2.05) is 0 Å². The van der Waals surface area contributed by atoms with E-state index >= 15 is 9.59 Å². The summed E-state index contributed by atoms with van der Waals surface area (Å²) in [6, 6.07) is 22.5. The summed E-state index contributed by atoms with van der Waals surface area (Å²) in [5.41, 5.74) is -7.59. The second kappa shape index (κ2) is 20.8. The van der Waals surface area contributed by atoms with Crippen LogP contribution in [0.15, 0.2) is 102 Å². The van der Waals surface area contributed by atoms with Crippen LogP contribution < -0.4 is 5.32 Å². The van der Waals surface area contributed by atoms with E-state index in [4.69, 9.17) is 28.4 Å². The van der Waals surface area contributed by atoms with Gasteiger partial charge in [0.15, 0.2) is 17.5 Å². The fourth-order valence-electron chi connectivity index (χ4n) is 11.2. The van der Waals surface area contributed by atoms with Crippen LogP contribution in [0.4, 0.5) is 0 Å². The molecule has 3 aromatic rings. The van der Waals surface area contributed by atoms with Crippen LogP contribution in [-0.2, 0) is 57.2 Å². The van der Waals surface area contributed by atoms with Crippen molar-refractivity contribution in [2.45, 2.75) is 128 Å². The lowest BCUT2D eigenvalue weighted by atomic mass is 9.44. The quantitative estimate of drug-likeness (QED) is 0.107. The largest absolute Gasteiger partial charge is 0.455 e. The Morgan fingerprint density at radius 2 is 1.44 bits per heavy atom. The minimum atomic E-state index is -2.48. The fourth-order valence-corrected chi connectivity index (χ4v) is 11.2. The number of ketones is 1. The molecule has 2 bridgehead atoms. The van der Waals surface area contributed by atoms with Crippen LogP contribution in [0, 0.1) is 16.7 Å². The average Bonchev–Trinajstić information content (AvgIpc) is 3.34. The molecule has 0 radical (unpaired) electrons. The Bertz CT molecular complexity index is 2620. The number of nitrogens with zero attached hydrogens (tertiary/aromatic N) is 1. The first kappa shape index (κ1) is 53.0. The van der Waals surface area contributed by atoms with Crippen LogP contribution in [0.25, 0.3) is 0 Å². The highest BCUT2D eigenvalue weighted by Crippen LogP contribution is 2.64. The zero-order valence-corrected chi connectivity index (χ0v) is 41.6. The third-order valence-corrected chi connectivity index (χ3v) is 15.0. The number of carbonyl (C=O) groups excluding carboxylic acids is 8. The van der Waals surface area contributed by atoms with E-state index in [2.05, 4.69) is 5.32 Å². The fraction of sp³-hybridized carbons (Fsp3) is 0.481. The molecular formula is C54H62N2O16. The van der Waals surface area contributed by atoms with Crippen molar-refractivity contribution in [2.24, 2.45) is 16.7 Å². The summed E-state index contributed by atoms with van der Waals surface area (Å²) < 4.78 is 36.8. The van der Waals surface area contributed by atoms with Gasteiger partial charge in [-0.05, 0) is 61.2 Å². The molecule has 4 aliphatic rings. The Morgan fingerprint density at radius 3 is 2.00 bits per heavy atom. The van der Waals surface area contributed by atoms with Gasteiger partial charge in [0, 0.05) is 51.1 Å². The van der Waals surface area contributed by atoms with Gasteiger partial charge in [-0.2, -0.15) is 0 Å². The molecule has 11 atom stereocenters. The Labute approximate surface area is 417 Å². The van der Waals surface area contributed by atoms with E-state index in [1.54, 1.807) is 73.7 Å². The highest BCUT2D eigenvalue weighted by atomic mass is 16.6. The third-order valence-electron chi connectivity index (χ3n) is 15.0. The van der Waals surface area contributed by atoms with E-state index in [0.717, 1.165) is 18.7 Å². The first-order valence-electron chi connectivity index (χ1n) is 24.0. The van der Waals surface area contributed by atoms with Crippen LogP contribution in [0.2, 0.25) is 0 Å². The molecule has 0 spiro atoms. The summed E-state index contributed by atoms with van der Waals surface area (Å²) in [6.45, 7) is 9.01. The molecule has 2 saturated carbocycles. The van der Waals surface area contributed by atoms with Crippen molar-refractivity contribution in [3.63, 3.8) is 0 Å². The van der Waals surface area contributed by atoms with Crippen LogP contribution >= 0.6 is 0 Å². The lowest BCUT2D eigenvalue weighted by Gasteiger charge is -2.67. The molecule has 0 unspecified atom stereocenters.